The first kappa shape index (κ1) is 16.1. The summed E-state index contributed by atoms with van der Waals surface area (Å²) in [7, 11) is 0. The lowest BCUT2D eigenvalue weighted by Crippen LogP contribution is -2.88. The van der Waals surface area contributed by atoms with Crippen LogP contribution in [0.3, 0.4) is 0 Å². The molecule has 0 atom stereocenters. The van der Waals surface area contributed by atoms with Crippen molar-refractivity contribution in [3.8, 4) is 0 Å². The summed E-state index contributed by atoms with van der Waals surface area (Å²) in [4.78, 5) is 15.7. The third-order valence-electron chi connectivity index (χ3n) is 4.19. The predicted octanol–water partition coefficient (Wildman–Crippen LogP) is 2.45. The zero-order valence-corrected chi connectivity index (χ0v) is 14.1. The summed E-state index contributed by atoms with van der Waals surface area (Å²) in [6.07, 6.45) is 2.44. The number of hydrogen-bond acceptors (Lipinski definition) is 2. The van der Waals surface area contributed by atoms with Gasteiger partial charge in [0.05, 0.1) is 12.6 Å². The first-order valence-corrected chi connectivity index (χ1v) is 8.88. The van der Waals surface area contributed by atoms with Gasteiger partial charge in [-0.3, -0.25) is 4.79 Å². The van der Waals surface area contributed by atoms with Gasteiger partial charge in [0.15, 0.2) is 6.54 Å². The number of hydrogen-bond donors (Lipinski definition) is 1. The van der Waals surface area contributed by atoms with Crippen LogP contribution in [0.2, 0.25) is 0 Å². The lowest BCUT2D eigenvalue weighted by Gasteiger charge is -2.22. The van der Waals surface area contributed by atoms with Crippen molar-refractivity contribution in [2.24, 2.45) is 0 Å². The van der Waals surface area contributed by atoms with Gasteiger partial charge in [0.1, 0.15) is 5.82 Å². The Labute approximate surface area is 140 Å². The number of benzene rings is 1. The highest BCUT2D eigenvalue weighted by Gasteiger charge is 2.27. The van der Waals surface area contributed by atoms with E-state index in [0.717, 1.165) is 5.56 Å². The molecule has 1 aliphatic rings. The third-order valence-corrected chi connectivity index (χ3v) is 5.20. The van der Waals surface area contributed by atoms with Gasteiger partial charge in [-0.05, 0) is 41.6 Å². The van der Waals surface area contributed by atoms with Crippen molar-refractivity contribution in [3.05, 3.63) is 57.5 Å². The van der Waals surface area contributed by atoms with E-state index in [0.29, 0.717) is 25.7 Å². The molecule has 5 heteroatoms. The maximum atomic E-state index is 13.1. The highest BCUT2D eigenvalue weighted by molar-refractivity contribution is 7.10. The topological polar surface area (TPSA) is 36.9 Å². The van der Waals surface area contributed by atoms with E-state index >= 15 is 0 Å². The van der Waals surface area contributed by atoms with Gasteiger partial charge < -0.3 is 10.2 Å². The van der Waals surface area contributed by atoms with Crippen molar-refractivity contribution in [1.82, 2.24) is 4.90 Å². The van der Waals surface area contributed by atoms with Crippen molar-refractivity contribution in [2.75, 3.05) is 6.54 Å². The van der Waals surface area contributed by atoms with Crippen LogP contribution < -0.4 is 5.32 Å². The number of nitrogens with zero attached hydrogens (tertiary/aromatic N) is 1. The van der Waals surface area contributed by atoms with Gasteiger partial charge in [-0.25, -0.2) is 4.39 Å². The van der Waals surface area contributed by atoms with E-state index in [1.54, 1.807) is 23.5 Å². The summed E-state index contributed by atoms with van der Waals surface area (Å²) >= 11 is 1.68. The zero-order valence-electron chi connectivity index (χ0n) is 13.3. The fraction of sp³-hybridized carbons (Fsp3) is 0.389. The van der Waals surface area contributed by atoms with Crippen molar-refractivity contribution < 1.29 is 14.5 Å². The van der Waals surface area contributed by atoms with Gasteiger partial charge in [-0.15, -0.1) is 11.3 Å². The monoisotopic (exact) mass is 333 g/mol. The molecule has 1 heterocycles. The highest BCUT2D eigenvalue weighted by Crippen LogP contribution is 2.19. The number of aryl methyl sites for hydroxylation is 1. The maximum absolute atomic E-state index is 13.1. The van der Waals surface area contributed by atoms with E-state index in [2.05, 4.69) is 23.7 Å². The molecule has 0 saturated heterocycles. The van der Waals surface area contributed by atoms with E-state index in [9.17, 15) is 9.18 Å². The molecule has 0 spiro atoms. The van der Waals surface area contributed by atoms with E-state index in [4.69, 9.17) is 0 Å². The number of amides is 1. The molecule has 0 radical (unpaired) electrons. The van der Waals surface area contributed by atoms with Crippen LogP contribution in [0, 0.1) is 12.7 Å². The summed E-state index contributed by atoms with van der Waals surface area (Å²) < 4.78 is 13.1. The molecule has 3 rings (SSSR count). The summed E-state index contributed by atoms with van der Waals surface area (Å²) in [5.41, 5.74) is 2.18. The predicted molar refractivity (Wildman–Crippen MR) is 89.5 cm³/mol. The van der Waals surface area contributed by atoms with Gasteiger partial charge >= 0.3 is 0 Å². The molecule has 2 N–H and O–H groups in total. The van der Waals surface area contributed by atoms with Gasteiger partial charge in [0.25, 0.3) is 5.91 Å². The van der Waals surface area contributed by atoms with Crippen molar-refractivity contribution in [3.63, 3.8) is 0 Å². The Kier molecular flexibility index (Phi) is 5.08. The molecule has 2 aromatic rings. The number of carbonyl (C=O) groups excluding carboxylic acids is 1. The Morgan fingerprint density at radius 1 is 1.26 bits per heavy atom. The average Bonchev–Trinajstić information content (AvgIpc) is 3.29. The normalized spacial score (nSPS) is 14.0. The number of carbonyl (C=O) groups is 1. The van der Waals surface area contributed by atoms with E-state index in [-0.39, 0.29) is 11.7 Å². The summed E-state index contributed by atoms with van der Waals surface area (Å²) in [6.45, 7) is 3.71. The lowest BCUT2D eigenvalue weighted by atomic mass is 10.2. The van der Waals surface area contributed by atoms with Crippen LogP contribution in [-0.4, -0.2) is 23.4 Å². The molecule has 1 saturated carbocycles. The minimum absolute atomic E-state index is 0.147. The van der Waals surface area contributed by atoms with Crippen LogP contribution in [0.25, 0.3) is 0 Å². The summed E-state index contributed by atoms with van der Waals surface area (Å²) in [5.74, 6) is -0.100. The second-order valence-corrected chi connectivity index (χ2v) is 7.18. The maximum Gasteiger partial charge on any atom is 0.278 e. The fourth-order valence-corrected chi connectivity index (χ4v) is 3.43. The fourth-order valence-electron chi connectivity index (χ4n) is 2.51. The Hall–Kier alpha value is -1.72. The summed E-state index contributed by atoms with van der Waals surface area (Å²) in [6, 6.07) is 9.12. The van der Waals surface area contributed by atoms with Crippen LogP contribution in [0.4, 0.5) is 4.39 Å². The second-order valence-electron chi connectivity index (χ2n) is 6.18. The van der Waals surface area contributed by atoms with E-state index in [1.165, 1.54) is 35.4 Å². The van der Waals surface area contributed by atoms with E-state index in [1.807, 2.05) is 4.90 Å². The molecule has 1 fully saturated rings. The third kappa shape index (κ3) is 4.62. The highest BCUT2D eigenvalue weighted by atomic mass is 32.1. The Morgan fingerprint density at radius 2 is 2.00 bits per heavy atom. The minimum Gasteiger partial charge on any atom is -0.336 e. The molecule has 0 bridgehead atoms. The molecule has 122 valence electrons. The number of nitrogens with two attached hydrogens (primary N) is 1. The lowest BCUT2D eigenvalue weighted by molar-refractivity contribution is -0.658. The number of halogens is 1. The molecule has 1 aromatic carbocycles. The molecular formula is C18H22FN2OS+. The SMILES string of the molecule is Cc1ccsc1CN(Cc1ccc(F)cc1)C(=O)C[NH2+]C1CC1. The second kappa shape index (κ2) is 7.23. The van der Waals surface area contributed by atoms with Crippen LogP contribution in [0.5, 0.6) is 0 Å². The average molecular weight is 333 g/mol. The van der Waals surface area contributed by atoms with Crippen LogP contribution in [0.1, 0.15) is 28.8 Å². The van der Waals surface area contributed by atoms with Crippen molar-refractivity contribution in [2.45, 2.75) is 38.9 Å². The minimum atomic E-state index is -0.247. The van der Waals surface area contributed by atoms with Gasteiger partial charge in [0, 0.05) is 24.3 Å². The molecule has 3 nitrogen and oxygen atoms in total. The molecular weight excluding hydrogens is 311 g/mol. The van der Waals surface area contributed by atoms with Crippen LogP contribution in [0.15, 0.2) is 35.7 Å². The number of quaternary nitrogens is 1. The smallest absolute Gasteiger partial charge is 0.278 e. The quantitative estimate of drug-likeness (QED) is 0.830. The van der Waals surface area contributed by atoms with E-state index < -0.39 is 0 Å². The standard InChI is InChI=1S/C18H21FN2OS/c1-13-8-9-23-17(13)12-21(18(22)10-20-16-6-7-16)11-14-2-4-15(19)5-3-14/h2-5,8-9,16,20H,6-7,10-12H2,1H3/p+1. The zero-order chi connectivity index (χ0) is 16.2. The summed E-state index contributed by atoms with van der Waals surface area (Å²) in [5, 5.41) is 4.20. The molecule has 1 amide bonds. The first-order valence-electron chi connectivity index (χ1n) is 8.00. The molecule has 0 aliphatic heterocycles. The number of rotatable bonds is 7. The molecule has 23 heavy (non-hydrogen) atoms. The van der Waals surface area contributed by atoms with Gasteiger partial charge in [0.2, 0.25) is 0 Å². The molecule has 1 aromatic heterocycles. The van der Waals surface area contributed by atoms with Gasteiger partial charge in [-0.2, -0.15) is 0 Å². The molecule has 1 aliphatic carbocycles. The Morgan fingerprint density at radius 3 is 2.61 bits per heavy atom. The number of thiophene rings is 1. The first-order chi connectivity index (χ1) is 11.1. The Bertz CT molecular complexity index is 664. The van der Waals surface area contributed by atoms with Crippen molar-refractivity contribution >= 4 is 17.2 Å². The largest absolute Gasteiger partial charge is 0.336 e. The van der Waals surface area contributed by atoms with Gasteiger partial charge in [-0.1, -0.05) is 12.1 Å². The van der Waals surface area contributed by atoms with Crippen molar-refractivity contribution in [1.29, 1.82) is 0 Å². The van der Waals surface area contributed by atoms with Crippen LogP contribution in [-0.2, 0) is 17.9 Å². The van der Waals surface area contributed by atoms with Crippen LogP contribution >= 0.6 is 11.3 Å². The Balaban J connectivity index is 1.69. The molecule has 0 unspecified atom stereocenters.